The van der Waals surface area contributed by atoms with Gasteiger partial charge in [0.25, 0.3) is 0 Å². The average molecular weight is 357 g/mol. The van der Waals surface area contributed by atoms with Crippen molar-refractivity contribution in [1.82, 2.24) is 5.32 Å². The van der Waals surface area contributed by atoms with Crippen LogP contribution in [0, 0.1) is 0 Å². The molecule has 0 aromatic heterocycles. The first-order valence-corrected chi connectivity index (χ1v) is 7.39. The average Bonchev–Trinajstić information content (AvgIpc) is 2.08. The van der Waals surface area contributed by atoms with Crippen LogP contribution in [0.2, 0.25) is 0 Å². The molecule has 3 atom stereocenters. The second kappa shape index (κ2) is 5.71. The molecule has 0 aliphatic heterocycles. The van der Waals surface area contributed by atoms with Crippen LogP contribution in [-0.2, 0) is 4.74 Å². The van der Waals surface area contributed by atoms with E-state index in [1.807, 2.05) is 20.8 Å². The third-order valence-electron chi connectivity index (χ3n) is 2.41. The first-order valence-electron chi connectivity index (χ1n) is 5.55. The van der Waals surface area contributed by atoms with E-state index in [0.29, 0.717) is 9.65 Å². The topological polar surface area (TPSA) is 38.3 Å². The highest BCUT2D eigenvalue weighted by Crippen LogP contribution is 2.30. The Balaban J connectivity index is 2.35. The van der Waals surface area contributed by atoms with Gasteiger partial charge in [0.05, 0.1) is 0 Å². The minimum atomic E-state index is -0.426. The lowest BCUT2D eigenvalue weighted by Gasteiger charge is -2.31. The molecule has 0 aromatic carbocycles. The molecule has 1 fully saturated rings. The number of ether oxygens (including phenoxy) is 1. The predicted molar refractivity (Wildman–Crippen MR) is 72.4 cm³/mol. The lowest BCUT2D eigenvalue weighted by atomic mass is 9.95. The van der Waals surface area contributed by atoms with Gasteiger partial charge in [-0.1, -0.05) is 31.9 Å². The van der Waals surface area contributed by atoms with Gasteiger partial charge < -0.3 is 10.1 Å². The molecule has 3 nitrogen and oxygen atoms in total. The number of halogens is 2. The van der Waals surface area contributed by atoms with Crippen molar-refractivity contribution >= 4 is 38.0 Å². The van der Waals surface area contributed by atoms with Gasteiger partial charge in [-0.3, -0.25) is 0 Å². The summed E-state index contributed by atoms with van der Waals surface area (Å²) >= 11 is 7.21. The third-order valence-corrected chi connectivity index (χ3v) is 5.23. The van der Waals surface area contributed by atoms with Crippen molar-refractivity contribution < 1.29 is 9.53 Å². The fourth-order valence-corrected chi connectivity index (χ4v) is 2.88. The molecule has 0 radical (unpaired) electrons. The van der Waals surface area contributed by atoms with E-state index >= 15 is 0 Å². The Labute approximate surface area is 114 Å². The fraction of sp³-hybridized carbons (Fsp3) is 0.909. The number of carbonyl (C=O) groups excluding carboxylic acids is 1. The molecular formula is C11H19Br2NO2. The van der Waals surface area contributed by atoms with E-state index in [2.05, 4.69) is 37.2 Å². The van der Waals surface area contributed by atoms with Crippen LogP contribution in [0.3, 0.4) is 0 Å². The number of hydrogen-bond donors (Lipinski definition) is 1. The fourth-order valence-electron chi connectivity index (χ4n) is 1.68. The Hall–Kier alpha value is 0.230. The second-order valence-electron chi connectivity index (χ2n) is 5.19. The smallest absolute Gasteiger partial charge is 0.407 e. The molecular weight excluding hydrogens is 338 g/mol. The summed E-state index contributed by atoms with van der Waals surface area (Å²) in [7, 11) is 0. The molecule has 1 amide bonds. The number of carbonyl (C=O) groups is 1. The van der Waals surface area contributed by atoms with Crippen molar-refractivity contribution in [2.75, 3.05) is 0 Å². The number of rotatable bonds is 1. The van der Waals surface area contributed by atoms with Crippen molar-refractivity contribution in [3.63, 3.8) is 0 Å². The predicted octanol–water partition coefficient (Wildman–Crippen LogP) is 3.59. The van der Waals surface area contributed by atoms with Gasteiger partial charge >= 0.3 is 6.09 Å². The molecule has 0 spiro atoms. The molecule has 0 saturated heterocycles. The van der Waals surface area contributed by atoms with Crippen molar-refractivity contribution in [2.24, 2.45) is 0 Å². The summed E-state index contributed by atoms with van der Waals surface area (Å²) in [6.45, 7) is 5.61. The quantitative estimate of drug-likeness (QED) is 0.729. The summed E-state index contributed by atoms with van der Waals surface area (Å²) in [6.07, 6.45) is 2.69. The van der Waals surface area contributed by atoms with Crippen LogP contribution < -0.4 is 5.32 Å². The molecule has 1 N–H and O–H groups in total. The van der Waals surface area contributed by atoms with E-state index in [-0.39, 0.29) is 12.1 Å². The zero-order valence-corrected chi connectivity index (χ0v) is 13.1. The maximum atomic E-state index is 11.6. The second-order valence-corrected chi connectivity index (χ2v) is 7.54. The minimum absolute atomic E-state index is 0.216. The van der Waals surface area contributed by atoms with Crippen LogP contribution >= 0.6 is 31.9 Å². The van der Waals surface area contributed by atoms with E-state index in [4.69, 9.17) is 4.74 Å². The van der Waals surface area contributed by atoms with E-state index in [1.165, 1.54) is 0 Å². The lowest BCUT2D eigenvalue weighted by molar-refractivity contribution is 0.0495. The van der Waals surface area contributed by atoms with Crippen LogP contribution in [-0.4, -0.2) is 27.4 Å². The molecule has 1 aliphatic carbocycles. The number of amides is 1. The Bertz CT molecular complexity index is 253. The number of hydrogen-bond acceptors (Lipinski definition) is 2. The highest BCUT2D eigenvalue weighted by atomic mass is 79.9. The van der Waals surface area contributed by atoms with Crippen molar-refractivity contribution in [3.05, 3.63) is 0 Å². The SMILES string of the molecule is CC(C)(C)OC(=O)N[C@@H]1CC[C@@H](Br)[C@H](Br)C1. The van der Waals surface area contributed by atoms with Crippen molar-refractivity contribution in [3.8, 4) is 0 Å². The third kappa shape index (κ3) is 5.04. The molecule has 0 heterocycles. The van der Waals surface area contributed by atoms with Crippen molar-refractivity contribution in [1.29, 1.82) is 0 Å². The van der Waals surface area contributed by atoms with Gasteiger partial charge in [0, 0.05) is 15.7 Å². The van der Waals surface area contributed by atoms with E-state index < -0.39 is 5.60 Å². The Kier molecular flexibility index (Phi) is 5.10. The van der Waals surface area contributed by atoms with Crippen LogP contribution in [0.5, 0.6) is 0 Å². The summed E-state index contributed by atoms with van der Waals surface area (Å²) < 4.78 is 5.23. The largest absolute Gasteiger partial charge is 0.444 e. The normalized spacial score (nSPS) is 30.9. The minimum Gasteiger partial charge on any atom is -0.444 e. The zero-order chi connectivity index (χ0) is 12.3. The van der Waals surface area contributed by atoms with E-state index in [9.17, 15) is 4.79 Å². The highest BCUT2D eigenvalue weighted by molar-refractivity contribution is 9.12. The Morgan fingerprint density at radius 2 is 1.88 bits per heavy atom. The van der Waals surface area contributed by atoms with Crippen LogP contribution in [0.1, 0.15) is 40.0 Å². The van der Waals surface area contributed by atoms with E-state index in [1.54, 1.807) is 0 Å². The van der Waals surface area contributed by atoms with Gasteiger partial charge in [0.1, 0.15) is 5.60 Å². The molecule has 16 heavy (non-hydrogen) atoms. The standard InChI is InChI=1S/C11H19Br2NO2/c1-11(2,3)16-10(15)14-7-4-5-8(12)9(13)6-7/h7-9H,4-6H2,1-3H3,(H,14,15)/t7-,8-,9-/m1/s1. The molecule has 94 valence electrons. The number of alkyl halides is 2. The first kappa shape index (κ1) is 14.3. The van der Waals surface area contributed by atoms with Crippen LogP contribution in [0.4, 0.5) is 4.79 Å². The summed E-state index contributed by atoms with van der Waals surface area (Å²) in [4.78, 5) is 12.5. The maximum absolute atomic E-state index is 11.6. The molecule has 0 aromatic rings. The lowest BCUT2D eigenvalue weighted by Crippen LogP contribution is -2.43. The van der Waals surface area contributed by atoms with Gasteiger partial charge in [-0.05, 0) is 40.0 Å². The first-order chi connectivity index (χ1) is 7.28. The van der Waals surface area contributed by atoms with Crippen LogP contribution in [0.15, 0.2) is 0 Å². The van der Waals surface area contributed by atoms with Gasteiger partial charge in [0.15, 0.2) is 0 Å². The number of alkyl carbamates (subject to hydrolysis) is 1. The monoisotopic (exact) mass is 355 g/mol. The molecule has 1 saturated carbocycles. The van der Waals surface area contributed by atoms with Gasteiger partial charge in [-0.25, -0.2) is 4.79 Å². The molecule has 5 heteroatoms. The van der Waals surface area contributed by atoms with Gasteiger partial charge in [-0.2, -0.15) is 0 Å². The Morgan fingerprint density at radius 1 is 1.25 bits per heavy atom. The molecule has 0 bridgehead atoms. The van der Waals surface area contributed by atoms with Gasteiger partial charge in [0.2, 0.25) is 0 Å². The van der Waals surface area contributed by atoms with Gasteiger partial charge in [-0.15, -0.1) is 0 Å². The Morgan fingerprint density at radius 3 is 2.38 bits per heavy atom. The zero-order valence-electron chi connectivity index (χ0n) is 9.93. The summed E-state index contributed by atoms with van der Waals surface area (Å²) in [6, 6.07) is 0.216. The maximum Gasteiger partial charge on any atom is 0.407 e. The molecule has 1 aliphatic rings. The molecule has 1 rings (SSSR count). The molecule has 0 unspecified atom stereocenters. The summed E-state index contributed by atoms with van der Waals surface area (Å²) in [5.74, 6) is 0. The summed E-state index contributed by atoms with van der Waals surface area (Å²) in [5.41, 5.74) is -0.426. The highest BCUT2D eigenvalue weighted by Gasteiger charge is 2.28. The van der Waals surface area contributed by atoms with E-state index in [0.717, 1.165) is 19.3 Å². The summed E-state index contributed by atoms with van der Waals surface area (Å²) in [5, 5.41) is 2.91. The number of nitrogens with one attached hydrogen (secondary N) is 1. The van der Waals surface area contributed by atoms with Crippen LogP contribution in [0.25, 0.3) is 0 Å². The van der Waals surface area contributed by atoms with Crippen molar-refractivity contribution in [2.45, 2.75) is 61.3 Å².